The molecule has 27 heavy (non-hydrogen) atoms. The lowest BCUT2D eigenvalue weighted by Crippen LogP contribution is -2.56. The van der Waals surface area contributed by atoms with Crippen LogP contribution in [0, 0.1) is 5.92 Å². The van der Waals surface area contributed by atoms with Gasteiger partial charge in [-0.2, -0.15) is 0 Å². The number of hydrogen-bond acceptors (Lipinski definition) is 6. The van der Waals surface area contributed by atoms with Crippen molar-refractivity contribution in [3.05, 3.63) is 29.8 Å². The van der Waals surface area contributed by atoms with E-state index in [0.29, 0.717) is 0 Å². The Morgan fingerprint density at radius 2 is 1.70 bits per heavy atom. The van der Waals surface area contributed by atoms with Crippen LogP contribution in [0.2, 0.25) is 0 Å². The topological polar surface area (TPSA) is 59.1 Å². The van der Waals surface area contributed by atoms with E-state index in [2.05, 4.69) is 16.8 Å². The number of carbonyl (C=O) groups excluding carboxylic acids is 2. The van der Waals surface area contributed by atoms with Crippen molar-refractivity contribution >= 4 is 11.8 Å². The molecule has 1 aromatic rings. The molecule has 0 saturated carbocycles. The Balaban J connectivity index is 1.58. The first kappa shape index (κ1) is 19.8. The monoisotopic (exact) mass is 374 g/mol. The Kier molecular flexibility index (Phi) is 6.50. The summed E-state index contributed by atoms with van der Waals surface area (Å²) in [6.07, 6.45) is 2.61. The minimum atomic E-state index is -0.218. The largest absolute Gasteiger partial charge is 0.497 e. The van der Waals surface area contributed by atoms with Crippen molar-refractivity contribution in [3.8, 4) is 5.75 Å². The number of benzene rings is 1. The van der Waals surface area contributed by atoms with Crippen molar-refractivity contribution in [2.75, 3.05) is 40.3 Å². The molecule has 3 rings (SSSR count). The molecule has 1 aromatic carbocycles. The number of nitrogens with zero attached hydrogens (tertiary/aromatic N) is 2. The van der Waals surface area contributed by atoms with Crippen LogP contribution in [0.5, 0.6) is 5.75 Å². The van der Waals surface area contributed by atoms with E-state index in [4.69, 9.17) is 9.47 Å². The zero-order valence-corrected chi connectivity index (χ0v) is 16.5. The number of hydrogen-bond donors (Lipinski definition) is 0. The predicted molar refractivity (Wildman–Crippen MR) is 103 cm³/mol. The average molecular weight is 374 g/mol. The molecule has 0 amide bonds. The Hall–Kier alpha value is -1.92. The van der Waals surface area contributed by atoms with Crippen LogP contribution >= 0.6 is 0 Å². The summed E-state index contributed by atoms with van der Waals surface area (Å²) in [5.41, 5.74) is 0.756. The van der Waals surface area contributed by atoms with E-state index in [1.807, 2.05) is 24.3 Å². The zero-order chi connectivity index (χ0) is 19.4. The van der Waals surface area contributed by atoms with E-state index in [1.165, 1.54) is 6.92 Å². The normalized spacial score (nSPS) is 25.1. The highest BCUT2D eigenvalue weighted by molar-refractivity contribution is 5.98. The summed E-state index contributed by atoms with van der Waals surface area (Å²) in [7, 11) is 3.69. The first-order chi connectivity index (χ1) is 13.0. The Labute approximate surface area is 161 Å². The second-order valence-corrected chi connectivity index (χ2v) is 7.67. The fourth-order valence-electron chi connectivity index (χ4n) is 4.29. The molecular formula is C21H30N2O4. The molecule has 0 spiro atoms. The molecule has 2 heterocycles. The zero-order valence-electron chi connectivity index (χ0n) is 16.5. The third-order valence-electron chi connectivity index (χ3n) is 5.79. The first-order valence-electron chi connectivity index (χ1n) is 9.76. The fraction of sp³-hybridized carbons (Fsp3) is 0.619. The summed E-state index contributed by atoms with van der Waals surface area (Å²) in [5.74, 6) is 0.829. The molecule has 2 aliphatic heterocycles. The maximum atomic E-state index is 12.8. The summed E-state index contributed by atoms with van der Waals surface area (Å²) >= 11 is 0. The number of ketones is 1. The number of piperidine rings is 2. The average Bonchev–Trinajstić information content (AvgIpc) is 2.67. The summed E-state index contributed by atoms with van der Waals surface area (Å²) in [5, 5.41) is 0. The van der Waals surface area contributed by atoms with Gasteiger partial charge in [0.15, 0.2) is 5.78 Å². The van der Waals surface area contributed by atoms with Gasteiger partial charge in [-0.15, -0.1) is 0 Å². The summed E-state index contributed by atoms with van der Waals surface area (Å²) in [6.45, 7) is 5.00. The SMILES string of the molecule is COc1ccc(C(=O)C2CCN(C3CCN(C)CC3OC(C)=O)CC2)cc1. The number of likely N-dealkylation sites (tertiary alicyclic amines) is 2. The van der Waals surface area contributed by atoms with Crippen LogP contribution in [0.25, 0.3) is 0 Å². The maximum absolute atomic E-state index is 12.8. The minimum Gasteiger partial charge on any atom is -0.497 e. The lowest BCUT2D eigenvalue weighted by molar-refractivity contribution is -0.153. The van der Waals surface area contributed by atoms with E-state index in [9.17, 15) is 9.59 Å². The Bertz CT molecular complexity index is 653. The van der Waals surface area contributed by atoms with Gasteiger partial charge in [-0.05, 0) is 70.2 Å². The predicted octanol–water partition coefficient (Wildman–Crippen LogP) is 2.23. The molecule has 0 bridgehead atoms. The molecule has 2 saturated heterocycles. The van der Waals surface area contributed by atoms with Crippen molar-refractivity contribution in [3.63, 3.8) is 0 Å². The lowest BCUT2D eigenvalue weighted by Gasteiger charge is -2.44. The molecule has 148 valence electrons. The van der Waals surface area contributed by atoms with Crippen LogP contribution in [0.3, 0.4) is 0 Å². The molecule has 6 heteroatoms. The smallest absolute Gasteiger partial charge is 0.303 e. The minimum absolute atomic E-state index is 0.0630. The summed E-state index contributed by atoms with van der Waals surface area (Å²) < 4.78 is 10.8. The van der Waals surface area contributed by atoms with Crippen LogP contribution in [0.1, 0.15) is 36.5 Å². The number of rotatable bonds is 5. The van der Waals surface area contributed by atoms with E-state index in [-0.39, 0.29) is 29.8 Å². The fourth-order valence-corrected chi connectivity index (χ4v) is 4.29. The number of carbonyl (C=O) groups is 2. The third kappa shape index (κ3) is 4.87. The van der Waals surface area contributed by atoms with Gasteiger partial charge in [0.1, 0.15) is 11.9 Å². The number of likely N-dealkylation sites (N-methyl/N-ethyl adjacent to an activating group) is 1. The Morgan fingerprint density at radius 1 is 1.04 bits per heavy atom. The molecular weight excluding hydrogens is 344 g/mol. The van der Waals surface area contributed by atoms with Crippen molar-refractivity contribution in [1.29, 1.82) is 0 Å². The number of Topliss-reactive ketones (excluding diaryl/α,β-unsaturated/α-hetero) is 1. The van der Waals surface area contributed by atoms with Gasteiger partial charge in [-0.25, -0.2) is 0 Å². The van der Waals surface area contributed by atoms with E-state index < -0.39 is 0 Å². The number of methoxy groups -OCH3 is 1. The molecule has 0 aromatic heterocycles. The van der Waals surface area contributed by atoms with Crippen molar-refractivity contribution in [1.82, 2.24) is 9.80 Å². The molecule has 2 atom stereocenters. The van der Waals surface area contributed by atoms with Crippen molar-refractivity contribution < 1.29 is 19.1 Å². The number of ether oxygens (including phenoxy) is 2. The second-order valence-electron chi connectivity index (χ2n) is 7.67. The van der Waals surface area contributed by atoms with Crippen LogP contribution < -0.4 is 4.74 Å². The van der Waals surface area contributed by atoms with E-state index >= 15 is 0 Å². The number of esters is 1. The van der Waals surface area contributed by atoms with Gasteiger partial charge in [0, 0.05) is 31.0 Å². The molecule has 0 aliphatic carbocycles. The maximum Gasteiger partial charge on any atom is 0.303 e. The van der Waals surface area contributed by atoms with Gasteiger partial charge in [-0.1, -0.05) is 0 Å². The highest BCUT2D eigenvalue weighted by Crippen LogP contribution is 2.27. The first-order valence-corrected chi connectivity index (χ1v) is 9.76. The molecule has 2 fully saturated rings. The molecule has 2 aliphatic rings. The Morgan fingerprint density at radius 3 is 2.30 bits per heavy atom. The van der Waals surface area contributed by atoms with E-state index in [0.717, 1.165) is 56.8 Å². The summed E-state index contributed by atoms with van der Waals surface area (Å²) in [6, 6.07) is 7.62. The molecule has 6 nitrogen and oxygen atoms in total. The van der Waals surface area contributed by atoms with Gasteiger partial charge in [0.25, 0.3) is 0 Å². The second kappa shape index (κ2) is 8.85. The van der Waals surface area contributed by atoms with Gasteiger partial charge in [-0.3, -0.25) is 14.5 Å². The summed E-state index contributed by atoms with van der Waals surface area (Å²) in [4.78, 5) is 28.9. The van der Waals surface area contributed by atoms with Gasteiger partial charge in [0.05, 0.1) is 7.11 Å². The molecule has 2 unspecified atom stereocenters. The molecule has 0 radical (unpaired) electrons. The quantitative estimate of drug-likeness (QED) is 0.582. The van der Waals surface area contributed by atoms with E-state index in [1.54, 1.807) is 7.11 Å². The van der Waals surface area contributed by atoms with Crippen LogP contribution in [0.4, 0.5) is 0 Å². The van der Waals surface area contributed by atoms with Gasteiger partial charge < -0.3 is 14.4 Å². The highest BCUT2D eigenvalue weighted by Gasteiger charge is 2.37. The highest BCUT2D eigenvalue weighted by atomic mass is 16.5. The van der Waals surface area contributed by atoms with Crippen LogP contribution in [0.15, 0.2) is 24.3 Å². The van der Waals surface area contributed by atoms with Gasteiger partial charge in [0.2, 0.25) is 0 Å². The van der Waals surface area contributed by atoms with Crippen molar-refractivity contribution in [2.45, 2.75) is 38.3 Å². The lowest BCUT2D eigenvalue weighted by atomic mass is 9.87. The molecule has 0 N–H and O–H groups in total. The van der Waals surface area contributed by atoms with Crippen LogP contribution in [-0.2, 0) is 9.53 Å². The standard InChI is InChI=1S/C21H30N2O4/c1-15(24)27-20-14-22(2)11-10-19(20)23-12-8-17(9-13-23)21(25)16-4-6-18(26-3)7-5-16/h4-7,17,19-20H,8-14H2,1-3H3. The van der Waals surface area contributed by atoms with Crippen molar-refractivity contribution in [2.24, 2.45) is 5.92 Å². The third-order valence-corrected chi connectivity index (χ3v) is 5.79. The van der Waals surface area contributed by atoms with Gasteiger partial charge >= 0.3 is 5.97 Å². The van der Waals surface area contributed by atoms with Crippen LogP contribution in [-0.4, -0.2) is 74.0 Å².